The van der Waals surface area contributed by atoms with E-state index in [1.807, 2.05) is 50.7 Å². The van der Waals surface area contributed by atoms with Crippen LogP contribution in [-0.4, -0.2) is 41.5 Å². The molecule has 1 aromatic heterocycles. The summed E-state index contributed by atoms with van der Waals surface area (Å²) >= 11 is 1.91. The molecule has 40 heavy (non-hydrogen) atoms. The molecule has 3 N–H and O–H groups in total. The summed E-state index contributed by atoms with van der Waals surface area (Å²) in [7, 11) is 1.00. The molecule has 0 aliphatic carbocycles. The summed E-state index contributed by atoms with van der Waals surface area (Å²) in [5.41, 5.74) is 13.6. The van der Waals surface area contributed by atoms with E-state index in [9.17, 15) is 0 Å². The number of allylic oxidation sites excluding steroid dienone is 4. The number of benzene rings is 1. The lowest BCUT2D eigenvalue weighted by Crippen LogP contribution is -2.11. The minimum atomic E-state index is 0.408. The zero-order chi connectivity index (χ0) is 29.9. The van der Waals surface area contributed by atoms with Gasteiger partial charge in [-0.05, 0) is 65.9 Å². The van der Waals surface area contributed by atoms with Crippen molar-refractivity contribution in [2.75, 3.05) is 12.9 Å². The number of aliphatic hydroxyl groups is 1. The summed E-state index contributed by atoms with van der Waals surface area (Å²) in [5, 5.41) is 11.2. The monoisotopic (exact) mass is 569 g/mol. The van der Waals surface area contributed by atoms with Gasteiger partial charge in [-0.25, -0.2) is 0 Å². The highest BCUT2D eigenvalue weighted by molar-refractivity contribution is 7.98. The summed E-state index contributed by atoms with van der Waals surface area (Å²) < 4.78 is 11.3. The molecule has 1 aliphatic heterocycles. The Kier molecular flexibility index (Phi) is 18.0. The maximum Gasteiger partial charge on any atom is 0.138 e. The minimum Gasteiger partial charge on any atom is -0.400 e. The molecule has 1 aromatic carbocycles. The van der Waals surface area contributed by atoms with E-state index >= 15 is 0 Å². The van der Waals surface area contributed by atoms with E-state index < -0.39 is 0 Å². The highest BCUT2D eigenvalue weighted by atomic mass is 32.2. The molecule has 1 saturated heterocycles. The Morgan fingerprint density at radius 3 is 2.45 bits per heavy atom. The van der Waals surface area contributed by atoms with Crippen LogP contribution in [0.4, 0.5) is 0 Å². The van der Waals surface area contributed by atoms with Gasteiger partial charge in [0.05, 0.1) is 12.2 Å². The standard InChI is InChI=1S/C17H21NO2S.C15H26N2.CH4O/c1-12-8-9-15(19-12)10-21-11-16-13(2)20-18-17(16)14-6-4-3-5-7-14;1-6-9-10-11-14(13(5)17-8-3)15(16)12(4)7-2;1-2/h3-7,12,15H,8-11H2,1-2H3;8,10-11H,6-7,9,16H2,1-5H3;2H,1H3/b;11-10-,14-13-,15-12-,17-8?;. The second kappa shape index (κ2) is 20.3. The fourth-order valence-electron chi connectivity index (χ4n) is 4.14. The number of hydrogen-bond donors (Lipinski definition) is 2. The van der Waals surface area contributed by atoms with Gasteiger partial charge >= 0.3 is 0 Å². The van der Waals surface area contributed by atoms with Crippen molar-refractivity contribution >= 4 is 18.0 Å². The van der Waals surface area contributed by atoms with E-state index in [2.05, 4.69) is 62.1 Å². The molecule has 7 heteroatoms. The van der Waals surface area contributed by atoms with Gasteiger partial charge in [-0.15, -0.1) is 0 Å². The van der Waals surface area contributed by atoms with Gasteiger partial charge in [0.25, 0.3) is 0 Å². The van der Waals surface area contributed by atoms with Gasteiger partial charge in [0.15, 0.2) is 0 Å². The quantitative estimate of drug-likeness (QED) is 0.208. The van der Waals surface area contributed by atoms with Gasteiger partial charge in [-0.3, -0.25) is 4.99 Å². The Morgan fingerprint density at radius 1 is 1.18 bits per heavy atom. The lowest BCUT2D eigenvalue weighted by molar-refractivity contribution is 0.0700. The van der Waals surface area contributed by atoms with Crippen molar-refractivity contribution < 1.29 is 14.4 Å². The maximum absolute atomic E-state index is 7.00. The third-order valence-electron chi connectivity index (χ3n) is 6.63. The zero-order valence-corrected chi connectivity index (χ0v) is 26.7. The molecule has 0 spiro atoms. The summed E-state index contributed by atoms with van der Waals surface area (Å²) in [4.78, 5) is 4.33. The van der Waals surface area contributed by atoms with Crippen LogP contribution in [0.15, 0.2) is 74.5 Å². The molecule has 6 nitrogen and oxygen atoms in total. The molecule has 3 rings (SSSR count). The number of unbranched alkanes of at least 4 members (excludes halogenated alkanes) is 1. The lowest BCUT2D eigenvalue weighted by Gasteiger charge is -2.10. The van der Waals surface area contributed by atoms with Gasteiger partial charge in [0, 0.05) is 52.9 Å². The summed E-state index contributed by atoms with van der Waals surface area (Å²) in [5.74, 6) is 2.89. The Hall–Kier alpha value is -2.61. The fraction of sp³-hybridized carbons (Fsp3) is 0.515. The second-order valence-electron chi connectivity index (χ2n) is 9.72. The number of rotatable bonds is 11. The van der Waals surface area contributed by atoms with Crippen LogP contribution in [0.3, 0.4) is 0 Å². The number of aliphatic imine (C=N–C) groups is 1. The average molecular weight is 570 g/mol. The number of nitrogens with two attached hydrogens (primary N) is 1. The number of aliphatic hydroxyl groups excluding tert-OH is 1. The Morgan fingerprint density at radius 2 is 1.88 bits per heavy atom. The SMILES string of the molecule is CC=N/C(C)=C(/C=C\CCC)C(\N)=C(/C)CC.CO.Cc1onc(-c2ccccc2)c1CSCC1CCC(C)O1. The van der Waals surface area contributed by atoms with Crippen molar-refractivity contribution in [2.45, 2.75) is 98.5 Å². The third kappa shape index (κ3) is 11.9. The first kappa shape index (κ1) is 35.4. The van der Waals surface area contributed by atoms with Gasteiger partial charge < -0.3 is 20.1 Å². The number of nitrogens with zero attached hydrogens (tertiary/aromatic N) is 2. The van der Waals surface area contributed by atoms with Gasteiger partial charge in [0.1, 0.15) is 11.5 Å². The zero-order valence-electron chi connectivity index (χ0n) is 25.9. The highest BCUT2D eigenvalue weighted by Crippen LogP contribution is 2.30. The van der Waals surface area contributed by atoms with Gasteiger partial charge in [-0.2, -0.15) is 11.8 Å². The first-order valence-electron chi connectivity index (χ1n) is 14.3. The molecule has 2 aromatic rings. The largest absolute Gasteiger partial charge is 0.400 e. The second-order valence-corrected chi connectivity index (χ2v) is 10.7. The van der Waals surface area contributed by atoms with Crippen LogP contribution in [0.2, 0.25) is 0 Å². The molecule has 1 fully saturated rings. The van der Waals surface area contributed by atoms with Crippen LogP contribution in [0.1, 0.15) is 85.0 Å². The van der Waals surface area contributed by atoms with E-state index in [1.165, 1.54) is 24.0 Å². The molecule has 2 unspecified atom stereocenters. The number of hydrogen-bond acceptors (Lipinski definition) is 7. The van der Waals surface area contributed by atoms with Crippen LogP contribution >= 0.6 is 11.8 Å². The molecule has 0 bridgehead atoms. The van der Waals surface area contributed by atoms with Crippen molar-refractivity contribution in [2.24, 2.45) is 10.7 Å². The molecule has 0 amide bonds. The number of aryl methyl sites for hydroxylation is 1. The Labute approximate surface area is 246 Å². The molecule has 2 atom stereocenters. The van der Waals surface area contributed by atoms with Crippen LogP contribution in [0.25, 0.3) is 11.3 Å². The van der Waals surface area contributed by atoms with Crippen LogP contribution < -0.4 is 5.73 Å². The molecule has 0 saturated carbocycles. The maximum atomic E-state index is 7.00. The predicted octanol–water partition coefficient (Wildman–Crippen LogP) is 8.41. The summed E-state index contributed by atoms with van der Waals surface area (Å²) in [6, 6.07) is 10.2. The van der Waals surface area contributed by atoms with Crippen molar-refractivity contribution in [3.05, 3.63) is 76.3 Å². The highest BCUT2D eigenvalue weighted by Gasteiger charge is 2.22. The van der Waals surface area contributed by atoms with Crippen molar-refractivity contribution in [3.8, 4) is 11.3 Å². The normalized spacial score (nSPS) is 18.1. The first-order chi connectivity index (χ1) is 19.3. The van der Waals surface area contributed by atoms with Gasteiger partial charge in [-0.1, -0.05) is 67.9 Å². The molecular weight excluding hydrogens is 518 g/mol. The van der Waals surface area contributed by atoms with E-state index in [0.717, 1.165) is 71.9 Å². The van der Waals surface area contributed by atoms with Crippen LogP contribution in [-0.2, 0) is 10.5 Å². The fourth-order valence-corrected chi connectivity index (χ4v) is 5.31. The molecular formula is C33H51N3O3S. The van der Waals surface area contributed by atoms with Crippen LogP contribution in [0, 0.1) is 6.92 Å². The van der Waals surface area contributed by atoms with Gasteiger partial charge in [0.2, 0.25) is 0 Å². The summed E-state index contributed by atoms with van der Waals surface area (Å²) in [6.45, 7) is 14.4. The first-order valence-corrected chi connectivity index (χ1v) is 15.5. The van der Waals surface area contributed by atoms with E-state index in [0.29, 0.717) is 12.2 Å². The van der Waals surface area contributed by atoms with Crippen molar-refractivity contribution in [3.63, 3.8) is 0 Å². The van der Waals surface area contributed by atoms with Crippen molar-refractivity contribution in [1.82, 2.24) is 5.16 Å². The number of thioether (sulfide) groups is 1. The number of aromatic nitrogens is 1. The average Bonchev–Trinajstić information content (AvgIpc) is 3.57. The van der Waals surface area contributed by atoms with Crippen molar-refractivity contribution in [1.29, 1.82) is 0 Å². The van der Waals surface area contributed by atoms with E-state index in [-0.39, 0.29) is 0 Å². The number of ether oxygens (including phenoxy) is 1. The Balaban J connectivity index is 0.000000386. The smallest absolute Gasteiger partial charge is 0.138 e. The molecule has 2 heterocycles. The third-order valence-corrected chi connectivity index (χ3v) is 7.73. The van der Waals surface area contributed by atoms with E-state index in [1.54, 1.807) is 6.21 Å². The lowest BCUT2D eigenvalue weighted by atomic mass is 10.0. The van der Waals surface area contributed by atoms with E-state index in [4.69, 9.17) is 20.1 Å². The molecule has 0 radical (unpaired) electrons. The molecule has 1 aliphatic rings. The summed E-state index contributed by atoms with van der Waals surface area (Å²) in [6.07, 6.45) is 12.5. The predicted molar refractivity (Wildman–Crippen MR) is 173 cm³/mol. The minimum absolute atomic E-state index is 0.408. The topological polar surface area (TPSA) is 93.9 Å². The Bertz CT molecular complexity index is 1100. The van der Waals surface area contributed by atoms with Crippen LogP contribution in [0.5, 0.6) is 0 Å². The molecule has 222 valence electrons.